The van der Waals surface area contributed by atoms with Crippen molar-refractivity contribution < 1.29 is 23.5 Å². The molecule has 1 amide bonds. The third-order valence-electron chi connectivity index (χ3n) is 6.15. The van der Waals surface area contributed by atoms with E-state index in [1.165, 1.54) is 16.4 Å². The van der Waals surface area contributed by atoms with Crippen molar-refractivity contribution in [3.05, 3.63) is 72.8 Å². The van der Waals surface area contributed by atoms with E-state index in [0.29, 0.717) is 26.0 Å². The van der Waals surface area contributed by atoms with Crippen LogP contribution in [0.15, 0.2) is 72.8 Å². The zero-order valence-corrected chi connectivity index (χ0v) is 23.3. The van der Waals surface area contributed by atoms with Gasteiger partial charge in [-0.15, -0.1) is 0 Å². The molecule has 194 valence electrons. The van der Waals surface area contributed by atoms with Crippen LogP contribution >= 0.6 is 0 Å². The lowest BCUT2D eigenvalue weighted by Crippen LogP contribution is -2.67. The van der Waals surface area contributed by atoms with Crippen molar-refractivity contribution in [2.24, 2.45) is 0 Å². The van der Waals surface area contributed by atoms with Gasteiger partial charge in [-0.2, -0.15) is 0 Å². The summed E-state index contributed by atoms with van der Waals surface area (Å²) in [5.74, 6) is 0. The van der Waals surface area contributed by atoms with Gasteiger partial charge in [-0.25, -0.2) is 4.79 Å². The first kappa shape index (κ1) is 27.8. The number of carbonyl (C=O) groups is 2. The molecular weight excluding hydrogens is 470 g/mol. The van der Waals surface area contributed by atoms with E-state index in [1.54, 1.807) is 11.0 Å². The number of ether oxygens (including phenoxy) is 2. The molecule has 0 aliphatic carbocycles. The Morgan fingerprint density at radius 2 is 1.53 bits per heavy atom. The number of amides is 1. The largest absolute Gasteiger partial charge is 0.444 e. The fourth-order valence-corrected chi connectivity index (χ4v) is 9.28. The molecule has 1 aliphatic rings. The summed E-state index contributed by atoms with van der Waals surface area (Å²) in [5.41, 5.74) is -0.607. The van der Waals surface area contributed by atoms with Gasteiger partial charge in [0.1, 0.15) is 11.9 Å². The fraction of sp³-hybridized carbons (Fsp3) is 0.448. The molecule has 0 saturated carbocycles. The lowest BCUT2D eigenvalue weighted by Gasteiger charge is -2.45. The minimum absolute atomic E-state index is 0.175. The first-order valence-corrected chi connectivity index (χ1v) is 14.4. The molecule has 1 saturated heterocycles. The highest BCUT2D eigenvalue weighted by Crippen LogP contribution is 2.37. The minimum Gasteiger partial charge on any atom is -0.444 e. The van der Waals surface area contributed by atoms with E-state index in [0.717, 1.165) is 0 Å². The second-order valence-corrected chi connectivity index (χ2v) is 15.5. The Balaban J connectivity index is 1.94. The zero-order valence-electron chi connectivity index (χ0n) is 22.3. The van der Waals surface area contributed by atoms with E-state index >= 15 is 0 Å². The van der Waals surface area contributed by atoms with Crippen LogP contribution in [-0.4, -0.2) is 63.1 Å². The van der Waals surface area contributed by atoms with Gasteiger partial charge in [-0.3, -0.25) is 4.79 Å². The van der Waals surface area contributed by atoms with Crippen LogP contribution in [0.4, 0.5) is 4.79 Å². The molecule has 1 unspecified atom stereocenters. The summed E-state index contributed by atoms with van der Waals surface area (Å²) in [7, 11) is -2.76. The quantitative estimate of drug-likeness (QED) is 0.316. The average molecular weight is 510 g/mol. The van der Waals surface area contributed by atoms with Gasteiger partial charge in [0.25, 0.3) is 8.32 Å². The monoisotopic (exact) mass is 509 g/mol. The summed E-state index contributed by atoms with van der Waals surface area (Å²) in [5, 5.41) is 2.19. The summed E-state index contributed by atoms with van der Waals surface area (Å²) >= 11 is 0. The maximum absolute atomic E-state index is 12.9. The number of hydrogen-bond donors (Lipinski definition) is 0. The SMILES string of the molecule is CC(C)(C)OC(=O)N1CC(/C=C/C=O)O[C@H](CO[Si](c2ccccc2)(c2ccccc2)C(C)(C)C)C1. The maximum Gasteiger partial charge on any atom is 0.410 e. The third-order valence-corrected chi connectivity index (χ3v) is 11.2. The number of morpholine rings is 1. The molecule has 2 aromatic carbocycles. The fourth-order valence-electron chi connectivity index (χ4n) is 4.69. The standard InChI is InChI=1S/C29H39NO5Si/c1-28(2,3)35-27(32)30-20-23(14-13-19-31)34-24(21-30)22-33-36(29(4,5)6,25-15-9-7-10-16-25)26-17-11-8-12-18-26/h7-19,23-24H,20-22H2,1-6H3/b14-13+/t23?,24-/m0/s1. The molecule has 0 spiro atoms. The molecule has 2 aromatic rings. The van der Waals surface area contributed by atoms with Crippen molar-refractivity contribution in [3.63, 3.8) is 0 Å². The highest BCUT2D eigenvalue weighted by atomic mass is 28.4. The Labute approximate surface area is 216 Å². The molecule has 2 atom stereocenters. The zero-order chi connectivity index (χ0) is 26.4. The number of benzene rings is 2. The summed E-state index contributed by atoms with van der Waals surface area (Å²) in [6, 6.07) is 20.8. The van der Waals surface area contributed by atoms with E-state index in [4.69, 9.17) is 13.9 Å². The summed E-state index contributed by atoms with van der Waals surface area (Å²) in [6.45, 7) is 13.2. The van der Waals surface area contributed by atoms with Crippen molar-refractivity contribution in [2.45, 2.75) is 64.4 Å². The van der Waals surface area contributed by atoms with E-state index in [2.05, 4.69) is 69.3 Å². The molecule has 7 heteroatoms. The van der Waals surface area contributed by atoms with E-state index in [9.17, 15) is 9.59 Å². The molecule has 0 aromatic heterocycles. The van der Waals surface area contributed by atoms with Gasteiger partial charge in [-0.05, 0) is 42.3 Å². The lowest BCUT2D eigenvalue weighted by molar-refractivity contribution is -0.104. The van der Waals surface area contributed by atoms with Crippen LogP contribution in [0.3, 0.4) is 0 Å². The molecule has 3 rings (SSSR count). The van der Waals surface area contributed by atoms with Gasteiger partial charge >= 0.3 is 6.09 Å². The van der Waals surface area contributed by atoms with Crippen LogP contribution in [0.2, 0.25) is 5.04 Å². The predicted molar refractivity (Wildman–Crippen MR) is 145 cm³/mol. The van der Waals surface area contributed by atoms with Gasteiger partial charge < -0.3 is 18.8 Å². The second kappa shape index (κ2) is 11.5. The Hall–Kier alpha value is -2.74. The average Bonchev–Trinajstić information content (AvgIpc) is 2.82. The van der Waals surface area contributed by atoms with Crippen molar-refractivity contribution in [1.82, 2.24) is 4.90 Å². The highest BCUT2D eigenvalue weighted by molar-refractivity contribution is 6.99. The molecule has 6 nitrogen and oxygen atoms in total. The van der Waals surface area contributed by atoms with Crippen LogP contribution in [0.5, 0.6) is 0 Å². The molecule has 0 radical (unpaired) electrons. The van der Waals surface area contributed by atoms with Crippen LogP contribution in [0.1, 0.15) is 41.5 Å². The predicted octanol–water partition coefficient (Wildman–Crippen LogP) is 4.32. The Morgan fingerprint density at radius 3 is 2.00 bits per heavy atom. The Bertz CT molecular complexity index is 988. The number of nitrogens with zero attached hydrogens (tertiary/aromatic N) is 1. The molecule has 0 bridgehead atoms. The lowest BCUT2D eigenvalue weighted by atomic mass is 10.2. The van der Waals surface area contributed by atoms with Crippen LogP contribution in [0.25, 0.3) is 0 Å². The first-order valence-electron chi connectivity index (χ1n) is 12.5. The molecule has 0 N–H and O–H groups in total. The summed E-state index contributed by atoms with van der Waals surface area (Å²) < 4.78 is 18.9. The van der Waals surface area contributed by atoms with E-state index in [-0.39, 0.29) is 11.1 Å². The van der Waals surface area contributed by atoms with Crippen LogP contribution in [-0.2, 0) is 18.7 Å². The number of rotatable bonds is 7. The van der Waals surface area contributed by atoms with Crippen molar-refractivity contribution in [1.29, 1.82) is 0 Å². The number of carbonyl (C=O) groups excluding carboxylic acids is 2. The first-order chi connectivity index (χ1) is 17.0. The van der Waals surface area contributed by atoms with Crippen molar-refractivity contribution in [2.75, 3.05) is 19.7 Å². The molecule has 1 heterocycles. The van der Waals surface area contributed by atoms with Crippen molar-refractivity contribution in [3.8, 4) is 0 Å². The number of allylic oxidation sites excluding steroid dienone is 1. The Kier molecular flexibility index (Phi) is 8.92. The van der Waals surface area contributed by atoms with Gasteiger partial charge in [0.05, 0.1) is 31.9 Å². The van der Waals surface area contributed by atoms with E-state index < -0.39 is 26.1 Å². The maximum atomic E-state index is 12.9. The van der Waals surface area contributed by atoms with Crippen LogP contribution < -0.4 is 10.4 Å². The van der Waals surface area contributed by atoms with Gasteiger partial charge in [0.15, 0.2) is 0 Å². The molecular formula is C29H39NO5Si. The highest BCUT2D eigenvalue weighted by Gasteiger charge is 2.50. The topological polar surface area (TPSA) is 65.1 Å². The third kappa shape index (κ3) is 6.72. The molecule has 1 fully saturated rings. The summed E-state index contributed by atoms with van der Waals surface area (Å²) in [6.07, 6.45) is 2.59. The molecule has 36 heavy (non-hydrogen) atoms. The van der Waals surface area contributed by atoms with Crippen molar-refractivity contribution >= 4 is 31.1 Å². The number of aldehydes is 1. The second-order valence-electron chi connectivity index (χ2n) is 11.2. The van der Waals surface area contributed by atoms with Gasteiger partial charge in [0.2, 0.25) is 0 Å². The minimum atomic E-state index is -2.76. The van der Waals surface area contributed by atoms with Crippen LogP contribution in [0, 0.1) is 0 Å². The smallest absolute Gasteiger partial charge is 0.410 e. The number of hydrogen-bond acceptors (Lipinski definition) is 5. The van der Waals surface area contributed by atoms with E-state index in [1.807, 2.05) is 32.9 Å². The molecule has 1 aliphatic heterocycles. The normalized spacial score (nSPS) is 19.3. The van der Waals surface area contributed by atoms with Gasteiger partial charge in [0, 0.05) is 0 Å². The summed E-state index contributed by atoms with van der Waals surface area (Å²) in [4.78, 5) is 25.5. The van der Waals surface area contributed by atoms with Gasteiger partial charge in [-0.1, -0.05) is 87.5 Å². The Morgan fingerprint density at radius 1 is 0.972 bits per heavy atom.